The highest BCUT2D eigenvalue weighted by Crippen LogP contribution is 2.09. The lowest BCUT2D eigenvalue weighted by atomic mass is 10.2. The molecule has 1 heterocycles. The number of nitrogens with zero attached hydrogens (tertiary/aromatic N) is 2. The lowest BCUT2D eigenvalue weighted by molar-refractivity contribution is 0.269. The molecular formula is C11H19N3S. The van der Waals surface area contributed by atoms with Gasteiger partial charge in [0.25, 0.3) is 0 Å². The van der Waals surface area contributed by atoms with Gasteiger partial charge in [-0.25, -0.2) is 4.98 Å². The van der Waals surface area contributed by atoms with E-state index >= 15 is 0 Å². The van der Waals surface area contributed by atoms with Gasteiger partial charge in [-0.15, -0.1) is 0 Å². The van der Waals surface area contributed by atoms with Crippen LogP contribution in [0.4, 0.5) is 5.82 Å². The highest BCUT2D eigenvalue weighted by Gasteiger charge is 2.08. The van der Waals surface area contributed by atoms with Crippen LogP contribution in [-0.4, -0.2) is 35.0 Å². The average molecular weight is 225 g/mol. The van der Waals surface area contributed by atoms with E-state index in [0.717, 1.165) is 12.3 Å². The van der Waals surface area contributed by atoms with Crippen molar-refractivity contribution in [2.24, 2.45) is 0 Å². The number of anilines is 1. The first-order valence-electron chi connectivity index (χ1n) is 5.03. The van der Waals surface area contributed by atoms with Gasteiger partial charge in [-0.3, -0.25) is 4.90 Å². The summed E-state index contributed by atoms with van der Waals surface area (Å²) in [5, 5.41) is 0. The Balaban J connectivity index is 2.50. The lowest BCUT2D eigenvalue weighted by Crippen LogP contribution is -2.30. The second kappa shape index (κ2) is 5.98. The molecule has 1 atom stereocenters. The summed E-state index contributed by atoms with van der Waals surface area (Å²) in [6, 6.07) is 4.46. The van der Waals surface area contributed by atoms with Gasteiger partial charge in [0.05, 0.1) is 0 Å². The van der Waals surface area contributed by atoms with E-state index in [4.69, 9.17) is 5.73 Å². The number of pyridine rings is 1. The van der Waals surface area contributed by atoms with Crippen molar-refractivity contribution in [3.8, 4) is 0 Å². The third kappa shape index (κ3) is 4.10. The number of hydrogen-bond acceptors (Lipinski definition) is 4. The number of thioether (sulfide) groups is 1. The molecule has 0 bridgehead atoms. The minimum Gasteiger partial charge on any atom is -0.384 e. The van der Waals surface area contributed by atoms with E-state index in [1.807, 2.05) is 30.1 Å². The van der Waals surface area contributed by atoms with Crippen LogP contribution in [0.25, 0.3) is 0 Å². The van der Waals surface area contributed by atoms with E-state index in [1.54, 1.807) is 0 Å². The first kappa shape index (κ1) is 12.3. The number of rotatable bonds is 5. The normalized spacial score (nSPS) is 13.1. The summed E-state index contributed by atoms with van der Waals surface area (Å²) >= 11 is 1.87. The van der Waals surface area contributed by atoms with Crippen LogP contribution in [0, 0.1) is 0 Å². The van der Waals surface area contributed by atoms with Crippen molar-refractivity contribution in [1.29, 1.82) is 0 Å². The largest absolute Gasteiger partial charge is 0.384 e. The van der Waals surface area contributed by atoms with Crippen LogP contribution in [0.3, 0.4) is 0 Å². The fraction of sp³-hybridized carbons (Fsp3) is 0.545. The Kier molecular flexibility index (Phi) is 4.91. The summed E-state index contributed by atoms with van der Waals surface area (Å²) in [5.41, 5.74) is 6.74. The lowest BCUT2D eigenvalue weighted by Gasteiger charge is -2.23. The Bertz CT molecular complexity index is 286. The molecule has 15 heavy (non-hydrogen) atoms. The molecule has 84 valence electrons. The maximum absolute atomic E-state index is 5.54. The Morgan fingerprint density at radius 1 is 1.53 bits per heavy atom. The number of aromatic nitrogens is 1. The molecule has 2 N–H and O–H groups in total. The molecule has 0 radical (unpaired) electrons. The smallest absolute Gasteiger partial charge is 0.123 e. The molecule has 1 aromatic heterocycles. The summed E-state index contributed by atoms with van der Waals surface area (Å²) in [7, 11) is 2.14. The van der Waals surface area contributed by atoms with Crippen LogP contribution in [0.15, 0.2) is 18.3 Å². The van der Waals surface area contributed by atoms with Crippen molar-refractivity contribution in [3.63, 3.8) is 0 Å². The molecule has 0 aliphatic carbocycles. The fourth-order valence-electron chi connectivity index (χ4n) is 1.34. The number of hydrogen-bond donors (Lipinski definition) is 1. The molecule has 3 nitrogen and oxygen atoms in total. The molecule has 1 unspecified atom stereocenters. The summed E-state index contributed by atoms with van der Waals surface area (Å²) in [6.07, 6.45) is 3.98. The quantitative estimate of drug-likeness (QED) is 0.830. The van der Waals surface area contributed by atoms with E-state index in [-0.39, 0.29) is 0 Å². The maximum atomic E-state index is 5.54. The monoisotopic (exact) mass is 225 g/mol. The SMILES string of the molecule is CSCC(C)N(C)Cc1ccc(N)nc1. The Morgan fingerprint density at radius 2 is 2.27 bits per heavy atom. The molecule has 1 aromatic rings. The molecule has 0 aliphatic rings. The second-order valence-electron chi connectivity index (χ2n) is 3.81. The van der Waals surface area contributed by atoms with Gasteiger partial charge in [-0.05, 0) is 31.9 Å². The first-order valence-corrected chi connectivity index (χ1v) is 6.42. The van der Waals surface area contributed by atoms with Crippen molar-refractivity contribution in [2.45, 2.75) is 19.5 Å². The molecule has 0 amide bonds. The van der Waals surface area contributed by atoms with Gasteiger partial charge in [-0.1, -0.05) is 6.07 Å². The van der Waals surface area contributed by atoms with Gasteiger partial charge in [0.15, 0.2) is 0 Å². The van der Waals surface area contributed by atoms with E-state index in [1.165, 1.54) is 5.56 Å². The predicted octanol–water partition coefficient (Wildman–Crippen LogP) is 1.85. The fourth-order valence-corrected chi connectivity index (χ4v) is 2.08. The molecular weight excluding hydrogens is 206 g/mol. The van der Waals surface area contributed by atoms with Crippen molar-refractivity contribution in [3.05, 3.63) is 23.9 Å². The summed E-state index contributed by atoms with van der Waals surface area (Å²) < 4.78 is 0. The minimum atomic E-state index is 0.581. The van der Waals surface area contributed by atoms with Gasteiger partial charge < -0.3 is 5.73 Å². The van der Waals surface area contributed by atoms with Crippen molar-refractivity contribution in [2.75, 3.05) is 24.8 Å². The van der Waals surface area contributed by atoms with E-state index < -0.39 is 0 Å². The van der Waals surface area contributed by atoms with Crippen molar-refractivity contribution in [1.82, 2.24) is 9.88 Å². The van der Waals surface area contributed by atoms with Crippen LogP contribution in [-0.2, 0) is 6.54 Å². The molecule has 0 saturated carbocycles. The van der Waals surface area contributed by atoms with E-state index in [2.05, 4.69) is 30.1 Å². The first-order chi connectivity index (χ1) is 7.13. The molecule has 4 heteroatoms. The highest BCUT2D eigenvalue weighted by atomic mass is 32.2. The molecule has 0 spiro atoms. The van der Waals surface area contributed by atoms with Gasteiger partial charge in [0.2, 0.25) is 0 Å². The number of nitrogens with two attached hydrogens (primary N) is 1. The molecule has 0 saturated heterocycles. The minimum absolute atomic E-state index is 0.581. The predicted molar refractivity (Wildman–Crippen MR) is 68.0 cm³/mol. The summed E-state index contributed by atoms with van der Waals surface area (Å²) in [4.78, 5) is 6.41. The van der Waals surface area contributed by atoms with Gasteiger partial charge in [0, 0.05) is 24.5 Å². The van der Waals surface area contributed by atoms with Crippen LogP contribution in [0.2, 0.25) is 0 Å². The van der Waals surface area contributed by atoms with Crippen molar-refractivity contribution < 1.29 is 0 Å². The molecule has 0 aliphatic heterocycles. The van der Waals surface area contributed by atoms with Crippen LogP contribution in [0.1, 0.15) is 12.5 Å². The van der Waals surface area contributed by atoms with Gasteiger partial charge >= 0.3 is 0 Å². The third-order valence-corrected chi connectivity index (χ3v) is 3.26. The Labute approximate surface area is 96.1 Å². The average Bonchev–Trinajstić information content (AvgIpc) is 2.22. The third-order valence-electron chi connectivity index (χ3n) is 2.44. The Hall–Kier alpha value is -0.740. The highest BCUT2D eigenvalue weighted by molar-refractivity contribution is 7.98. The maximum Gasteiger partial charge on any atom is 0.123 e. The van der Waals surface area contributed by atoms with E-state index in [0.29, 0.717) is 11.9 Å². The van der Waals surface area contributed by atoms with Gasteiger partial charge in [0.1, 0.15) is 5.82 Å². The zero-order chi connectivity index (χ0) is 11.3. The van der Waals surface area contributed by atoms with Crippen LogP contribution in [0.5, 0.6) is 0 Å². The Morgan fingerprint density at radius 3 is 2.80 bits per heavy atom. The van der Waals surface area contributed by atoms with Crippen LogP contribution < -0.4 is 5.73 Å². The topological polar surface area (TPSA) is 42.1 Å². The van der Waals surface area contributed by atoms with Crippen molar-refractivity contribution >= 4 is 17.6 Å². The molecule has 0 fully saturated rings. The summed E-state index contributed by atoms with van der Waals surface area (Å²) in [6.45, 7) is 3.16. The standard InChI is InChI=1S/C11H19N3S/c1-9(8-15-3)14(2)7-10-4-5-11(12)13-6-10/h4-6,9H,7-8H2,1-3H3,(H2,12,13). The second-order valence-corrected chi connectivity index (χ2v) is 4.72. The zero-order valence-corrected chi connectivity index (χ0v) is 10.4. The van der Waals surface area contributed by atoms with Crippen LogP contribution >= 0.6 is 11.8 Å². The van der Waals surface area contributed by atoms with Gasteiger partial charge in [-0.2, -0.15) is 11.8 Å². The zero-order valence-electron chi connectivity index (χ0n) is 9.60. The van der Waals surface area contributed by atoms with E-state index in [9.17, 15) is 0 Å². The number of nitrogen functional groups attached to an aromatic ring is 1. The molecule has 0 aromatic carbocycles. The summed E-state index contributed by atoms with van der Waals surface area (Å²) in [5.74, 6) is 1.73. The molecule has 1 rings (SSSR count).